The molecule has 0 radical (unpaired) electrons. The molecule has 0 amide bonds. The lowest BCUT2D eigenvalue weighted by Gasteiger charge is -2.08. The molecule has 0 unspecified atom stereocenters. The summed E-state index contributed by atoms with van der Waals surface area (Å²) in [5.41, 5.74) is 0. The van der Waals surface area contributed by atoms with E-state index in [0.29, 0.717) is 18.3 Å². The van der Waals surface area contributed by atoms with Crippen molar-refractivity contribution in [1.29, 1.82) is 0 Å². The molecule has 0 aromatic heterocycles. The zero-order valence-electron chi connectivity index (χ0n) is 9.23. The first-order valence-corrected chi connectivity index (χ1v) is 5.24. The maximum Gasteiger partial charge on any atom is 0.161 e. The first kappa shape index (κ1) is 11.7. The Morgan fingerprint density at radius 3 is 2.53 bits per heavy atom. The van der Waals surface area contributed by atoms with Gasteiger partial charge < -0.3 is 14.9 Å². The van der Waals surface area contributed by atoms with E-state index in [-0.39, 0.29) is 11.5 Å². The summed E-state index contributed by atoms with van der Waals surface area (Å²) in [6, 6.07) is 4.49. The average molecular weight is 210 g/mol. The third-order valence-corrected chi connectivity index (χ3v) is 2.14. The predicted molar refractivity (Wildman–Crippen MR) is 59.3 cm³/mol. The Morgan fingerprint density at radius 2 is 1.93 bits per heavy atom. The van der Waals surface area contributed by atoms with E-state index in [4.69, 9.17) is 9.84 Å². The van der Waals surface area contributed by atoms with Gasteiger partial charge in [-0.1, -0.05) is 13.8 Å². The molecule has 0 bridgehead atoms. The van der Waals surface area contributed by atoms with Crippen LogP contribution in [0.25, 0.3) is 0 Å². The lowest BCUT2D eigenvalue weighted by molar-refractivity contribution is 0.295. The highest BCUT2D eigenvalue weighted by atomic mass is 16.5. The molecule has 0 saturated carbocycles. The van der Waals surface area contributed by atoms with Crippen molar-refractivity contribution < 1.29 is 14.9 Å². The van der Waals surface area contributed by atoms with Gasteiger partial charge in [-0.15, -0.1) is 0 Å². The van der Waals surface area contributed by atoms with Crippen molar-refractivity contribution in [2.45, 2.75) is 26.7 Å². The smallest absolute Gasteiger partial charge is 0.161 e. The first-order chi connectivity index (χ1) is 7.09. The molecule has 15 heavy (non-hydrogen) atoms. The van der Waals surface area contributed by atoms with Crippen molar-refractivity contribution in [3.63, 3.8) is 0 Å². The van der Waals surface area contributed by atoms with Gasteiger partial charge in [-0.05, 0) is 30.9 Å². The van der Waals surface area contributed by atoms with Crippen LogP contribution in [-0.4, -0.2) is 16.8 Å². The minimum absolute atomic E-state index is 0.121. The Hall–Kier alpha value is -1.38. The van der Waals surface area contributed by atoms with Crippen LogP contribution in [0, 0.1) is 5.92 Å². The molecule has 0 atom stereocenters. The third-order valence-electron chi connectivity index (χ3n) is 2.14. The molecule has 3 nitrogen and oxygen atoms in total. The fraction of sp³-hybridized carbons (Fsp3) is 0.500. The second-order valence-corrected chi connectivity index (χ2v) is 4.04. The average Bonchev–Trinajstić information content (AvgIpc) is 2.18. The summed E-state index contributed by atoms with van der Waals surface area (Å²) < 4.78 is 5.42. The van der Waals surface area contributed by atoms with Gasteiger partial charge in [-0.25, -0.2) is 0 Å². The number of phenolic OH excluding ortho intramolecular Hbond substituents is 2. The van der Waals surface area contributed by atoms with Crippen LogP contribution in [0.1, 0.15) is 26.7 Å². The van der Waals surface area contributed by atoms with Crippen LogP contribution in [-0.2, 0) is 0 Å². The van der Waals surface area contributed by atoms with Crippen molar-refractivity contribution >= 4 is 0 Å². The molecular weight excluding hydrogens is 192 g/mol. The van der Waals surface area contributed by atoms with Crippen molar-refractivity contribution in [3.05, 3.63) is 18.2 Å². The molecule has 0 aliphatic heterocycles. The molecule has 1 rings (SSSR count). The van der Waals surface area contributed by atoms with Crippen LogP contribution >= 0.6 is 0 Å². The van der Waals surface area contributed by atoms with Gasteiger partial charge in [-0.3, -0.25) is 0 Å². The number of benzene rings is 1. The zero-order chi connectivity index (χ0) is 11.3. The summed E-state index contributed by atoms with van der Waals surface area (Å²) >= 11 is 0. The monoisotopic (exact) mass is 210 g/mol. The minimum atomic E-state index is -0.142. The lowest BCUT2D eigenvalue weighted by Crippen LogP contribution is -1.99. The van der Waals surface area contributed by atoms with Gasteiger partial charge in [0.2, 0.25) is 0 Å². The second-order valence-electron chi connectivity index (χ2n) is 4.04. The Balaban J connectivity index is 2.35. The highest BCUT2D eigenvalue weighted by molar-refractivity contribution is 5.43. The molecule has 2 N–H and O–H groups in total. The molecule has 0 saturated heterocycles. The molecule has 3 heteroatoms. The van der Waals surface area contributed by atoms with Gasteiger partial charge in [0.1, 0.15) is 5.75 Å². The van der Waals surface area contributed by atoms with Crippen molar-refractivity contribution in [3.8, 4) is 17.2 Å². The first-order valence-electron chi connectivity index (χ1n) is 5.24. The highest BCUT2D eigenvalue weighted by Crippen LogP contribution is 2.28. The minimum Gasteiger partial charge on any atom is -0.504 e. The van der Waals surface area contributed by atoms with Crippen molar-refractivity contribution in [1.82, 2.24) is 0 Å². The summed E-state index contributed by atoms with van der Waals surface area (Å²) in [6.45, 7) is 4.99. The number of ether oxygens (including phenoxy) is 1. The van der Waals surface area contributed by atoms with Gasteiger partial charge in [0.05, 0.1) is 6.61 Å². The number of rotatable bonds is 5. The van der Waals surface area contributed by atoms with Crippen molar-refractivity contribution in [2.24, 2.45) is 5.92 Å². The van der Waals surface area contributed by atoms with E-state index in [1.165, 1.54) is 12.1 Å². The molecular formula is C12H18O3. The number of aromatic hydroxyl groups is 2. The SMILES string of the molecule is CC(C)CCCOc1ccc(O)c(O)c1. The number of hydrogen-bond acceptors (Lipinski definition) is 3. The summed E-state index contributed by atoms with van der Waals surface area (Å²) in [5, 5.41) is 18.3. The Kier molecular flexibility index (Phi) is 4.28. The third kappa shape index (κ3) is 4.11. The Labute approximate surface area is 90.3 Å². The molecule has 0 spiro atoms. The van der Waals surface area contributed by atoms with Crippen LogP contribution in [0.5, 0.6) is 17.2 Å². The van der Waals surface area contributed by atoms with Gasteiger partial charge in [0.25, 0.3) is 0 Å². The van der Waals surface area contributed by atoms with E-state index in [1.807, 2.05) is 0 Å². The van der Waals surface area contributed by atoms with Gasteiger partial charge in [0.15, 0.2) is 11.5 Å². The molecule has 0 fully saturated rings. The molecule has 0 aliphatic rings. The van der Waals surface area contributed by atoms with Crippen molar-refractivity contribution in [2.75, 3.05) is 6.61 Å². The van der Waals surface area contributed by atoms with Crippen LogP contribution in [0.3, 0.4) is 0 Å². The van der Waals surface area contributed by atoms with Crippen LogP contribution in [0.4, 0.5) is 0 Å². The topological polar surface area (TPSA) is 49.7 Å². The standard InChI is InChI=1S/C12H18O3/c1-9(2)4-3-7-15-10-5-6-11(13)12(14)8-10/h5-6,8-9,13-14H,3-4,7H2,1-2H3. The fourth-order valence-electron chi connectivity index (χ4n) is 1.27. The Bertz CT molecular complexity index is 308. The van der Waals surface area contributed by atoms with Gasteiger partial charge in [-0.2, -0.15) is 0 Å². The Morgan fingerprint density at radius 1 is 1.20 bits per heavy atom. The molecule has 0 aliphatic carbocycles. The molecule has 1 aromatic rings. The van der Waals surface area contributed by atoms with E-state index in [0.717, 1.165) is 12.8 Å². The van der Waals surface area contributed by atoms with E-state index in [2.05, 4.69) is 13.8 Å². The largest absolute Gasteiger partial charge is 0.504 e. The second kappa shape index (κ2) is 5.49. The van der Waals surface area contributed by atoms with E-state index >= 15 is 0 Å². The lowest BCUT2D eigenvalue weighted by atomic mass is 10.1. The molecule has 0 heterocycles. The number of phenols is 2. The fourth-order valence-corrected chi connectivity index (χ4v) is 1.27. The van der Waals surface area contributed by atoms with Crippen LogP contribution < -0.4 is 4.74 Å². The summed E-state index contributed by atoms with van der Waals surface area (Å²) in [6.07, 6.45) is 2.13. The summed E-state index contributed by atoms with van der Waals surface area (Å²) in [4.78, 5) is 0. The highest BCUT2D eigenvalue weighted by Gasteiger charge is 2.01. The summed E-state index contributed by atoms with van der Waals surface area (Å²) in [5.74, 6) is 1.01. The van der Waals surface area contributed by atoms with E-state index in [1.54, 1.807) is 6.07 Å². The number of hydrogen-bond donors (Lipinski definition) is 2. The van der Waals surface area contributed by atoms with Gasteiger partial charge >= 0.3 is 0 Å². The maximum absolute atomic E-state index is 9.21. The van der Waals surface area contributed by atoms with Crippen LogP contribution in [0.15, 0.2) is 18.2 Å². The van der Waals surface area contributed by atoms with E-state index in [9.17, 15) is 5.11 Å². The van der Waals surface area contributed by atoms with E-state index < -0.39 is 0 Å². The van der Waals surface area contributed by atoms with Crippen LogP contribution in [0.2, 0.25) is 0 Å². The molecule has 1 aromatic carbocycles. The zero-order valence-corrected chi connectivity index (χ0v) is 9.23. The maximum atomic E-state index is 9.21. The quantitative estimate of drug-likeness (QED) is 0.580. The normalized spacial score (nSPS) is 10.6. The predicted octanol–water partition coefficient (Wildman–Crippen LogP) is 2.91. The molecule has 84 valence electrons. The van der Waals surface area contributed by atoms with Gasteiger partial charge in [0, 0.05) is 6.07 Å². The summed E-state index contributed by atoms with van der Waals surface area (Å²) in [7, 11) is 0.